The maximum Gasteiger partial charge on any atom is 0.242 e. The van der Waals surface area contributed by atoms with E-state index in [2.05, 4.69) is 9.62 Å². The van der Waals surface area contributed by atoms with Crippen LogP contribution in [0.15, 0.2) is 23.1 Å². The van der Waals surface area contributed by atoms with Gasteiger partial charge in [-0.2, -0.15) is 5.26 Å². The third-order valence-electron chi connectivity index (χ3n) is 3.65. The maximum atomic E-state index is 13.6. The van der Waals surface area contributed by atoms with Crippen LogP contribution in [0.25, 0.3) is 0 Å². The number of hydrogen-bond acceptors (Lipinski definition) is 4. The molecule has 7 heteroatoms. The van der Waals surface area contributed by atoms with E-state index in [1.54, 1.807) is 6.07 Å². The van der Waals surface area contributed by atoms with Crippen LogP contribution in [-0.4, -0.2) is 39.0 Å². The lowest BCUT2D eigenvalue weighted by atomic mass is 10.1. The highest BCUT2D eigenvalue weighted by molar-refractivity contribution is 7.89. The molecular weight excluding hydrogens is 293 g/mol. The van der Waals surface area contributed by atoms with E-state index in [0.717, 1.165) is 32.0 Å². The number of likely N-dealkylation sites (tertiary alicyclic amines) is 1. The highest BCUT2D eigenvalue weighted by atomic mass is 32.2. The number of hydrogen-bond donors (Lipinski definition) is 1. The minimum absolute atomic E-state index is 0.210. The number of nitrogens with zero attached hydrogens (tertiary/aromatic N) is 2. The Kier molecular flexibility index (Phi) is 4.93. The van der Waals surface area contributed by atoms with Crippen molar-refractivity contribution in [2.45, 2.75) is 30.7 Å². The molecule has 1 aliphatic heterocycles. The van der Waals surface area contributed by atoms with E-state index in [-0.39, 0.29) is 10.9 Å². The van der Waals surface area contributed by atoms with Gasteiger partial charge in [-0.1, -0.05) is 13.0 Å². The van der Waals surface area contributed by atoms with Gasteiger partial charge in [-0.25, -0.2) is 17.5 Å². The zero-order chi connectivity index (χ0) is 15.5. The molecule has 0 radical (unpaired) electrons. The molecule has 1 unspecified atom stereocenters. The van der Waals surface area contributed by atoms with Crippen molar-refractivity contribution in [1.82, 2.24) is 9.62 Å². The van der Waals surface area contributed by atoms with Crippen molar-refractivity contribution in [3.8, 4) is 6.07 Å². The molecule has 21 heavy (non-hydrogen) atoms. The molecule has 0 spiro atoms. The van der Waals surface area contributed by atoms with Crippen molar-refractivity contribution >= 4 is 10.0 Å². The maximum absolute atomic E-state index is 13.6. The predicted molar refractivity (Wildman–Crippen MR) is 76.6 cm³/mol. The lowest BCUT2D eigenvalue weighted by Crippen LogP contribution is -2.47. The van der Waals surface area contributed by atoms with E-state index in [1.807, 2.05) is 6.92 Å². The summed E-state index contributed by atoms with van der Waals surface area (Å²) in [5.41, 5.74) is -0.437. The number of nitriles is 1. The Hall–Kier alpha value is -1.49. The third kappa shape index (κ3) is 3.59. The SMILES string of the molecule is CCN1CCCC(NS(=O)(=O)c2cccc(F)c2C#N)C1. The Morgan fingerprint density at radius 1 is 1.52 bits per heavy atom. The predicted octanol–water partition coefficient (Wildman–Crippen LogP) is 1.46. The second-order valence-corrected chi connectivity index (χ2v) is 6.76. The molecule has 1 saturated heterocycles. The van der Waals surface area contributed by atoms with Crippen molar-refractivity contribution in [3.63, 3.8) is 0 Å². The normalized spacial score (nSPS) is 20.1. The number of nitrogens with one attached hydrogen (secondary N) is 1. The Morgan fingerprint density at radius 3 is 2.95 bits per heavy atom. The standard InChI is InChI=1S/C14H18FN3O2S/c1-2-18-8-4-5-11(10-18)17-21(19,20)14-7-3-6-13(15)12(14)9-16/h3,6-7,11,17H,2,4-5,8,10H2,1H3. The molecule has 1 aliphatic rings. The molecular formula is C14H18FN3O2S. The number of likely N-dealkylation sites (N-methyl/N-ethyl adjacent to an activating group) is 1. The summed E-state index contributed by atoms with van der Waals surface area (Å²) in [5, 5.41) is 8.96. The fraction of sp³-hybridized carbons (Fsp3) is 0.500. The molecule has 1 aromatic carbocycles. The van der Waals surface area contributed by atoms with Crippen LogP contribution in [0.1, 0.15) is 25.3 Å². The smallest absolute Gasteiger partial charge is 0.242 e. The molecule has 2 rings (SSSR count). The summed E-state index contributed by atoms with van der Waals surface area (Å²) in [6, 6.07) is 5.04. The van der Waals surface area contributed by atoms with Crippen molar-refractivity contribution in [2.75, 3.05) is 19.6 Å². The highest BCUT2D eigenvalue weighted by Crippen LogP contribution is 2.19. The minimum atomic E-state index is -3.90. The molecule has 1 atom stereocenters. The van der Waals surface area contributed by atoms with Crippen LogP contribution >= 0.6 is 0 Å². The van der Waals surface area contributed by atoms with E-state index in [4.69, 9.17) is 5.26 Å². The number of halogens is 1. The number of sulfonamides is 1. The first-order valence-electron chi connectivity index (χ1n) is 6.91. The van der Waals surface area contributed by atoms with Crippen LogP contribution < -0.4 is 4.72 Å². The van der Waals surface area contributed by atoms with Crippen LogP contribution in [0.4, 0.5) is 4.39 Å². The third-order valence-corrected chi connectivity index (χ3v) is 5.21. The minimum Gasteiger partial charge on any atom is -0.302 e. The van der Waals surface area contributed by atoms with E-state index in [0.29, 0.717) is 6.54 Å². The summed E-state index contributed by atoms with van der Waals surface area (Å²) in [6.07, 6.45) is 1.65. The van der Waals surface area contributed by atoms with Gasteiger partial charge in [0.15, 0.2) is 0 Å². The van der Waals surface area contributed by atoms with Crippen molar-refractivity contribution in [1.29, 1.82) is 5.26 Å². The first-order valence-corrected chi connectivity index (χ1v) is 8.39. The molecule has 5 nitrogen and oxygen atoms in total. The Morgan fingerprint density at radius 2 is 2.29 bits per heavy atom. The first-order chi connectivity index (χ1) is 9.97. The molecule has 114 valence electrons. The Bertz CT molecular complexity index is 655. The summed E-state index contributed by atoms with van der Waals surface area (Å²) >= 11 is 0. The lowest BCUT2D eigenvalue weighted by Gasteiger charge is -2.32. The fourth-order valence-electron chi connectivity index (χ4n) is 2.56. The average Bonchev–Trinajstić information content (AvgIpc) is 2.46. The van der Waals surface area contributed by atoms with Gasteiger partial charge in [0.1, 0.15) is 22.3 Å². The van der Waals surface area contributed by atoms with Gasteiger partial charge in [0.25, 0.3) is 0 Å². The molecule has 1 aromatic rings. The van der Waals surface area contributed by atoms with E-state index < -0.39 is 21.4 Å². The average molecular weight is 311 g/mol. The van der Waals surface area contributed by atoms with Gasteiger partial charge in [0.05, 0.1) is 0 Å². The highest BCUT2D eigenvalue weighted by Gasteiger charge is 2.27. The molecule has 1 fully saturated rings. The van der Waals surface area contributed by atoms with Crippen molar-refractivity contribution in [2.24, 2.45) is 0 Å². The summed E-state index contributed by atoms with van der Waals surface area (Å²) < 4.78 is 40.9. The molecule has 0 amide bonds. The van der Waals surface area contributed by atoms with Gasteiger partial charge < -0.3 is 4.90 Å². The number of rotatable bonds is 4. The van der Waals surface area contributed by atoms with Crippen molar-refractivity contribution < 1.29 is 12.8 Å². The fourth-order valence-corrected chi connectivity index (χ4v) is 3.99. The van der Waals surface area contributed by atoms with Crippen LogP contribution in [-0.2, 0) is 10.0 Å². The molecule has 1 heterocycles. The summed E-state index contributed by atoms with van der Waals surface area (Å²) in [7, 11) is -3.90. The van der Waals surface area contributed by atoms with Gasteiger partial charge in [0, 0.05) is 12.6 Å². The lowest BCUT2D eigenvalue weighted by molar-refractivity contribution is 0.211. The largest absolute Gasteiger partial charge is 0.302 e. The number of benzene rings is 1. The quantitative estimate of drug-likeness (QED) is 0.913. The van der Waals surface area contributed by atoms with Gasteiger partial charge in [-0.15, -0.1) is 0 Å². The van der Waals surface area contributed by atoms with E-state index in [1.165, 1.54) is 12.1 Å². The summed E-state index contributed by atoms with van der Waals surface area (Å²) in [5.74, 6) is -0.820. The van der Waals surface area contributed by atoms with Crippen LogP contribution in [0, 0.1) is 17.1 Å². The molecule has 0 aromatic heterocycles. The Balaban J connectivity index is 2.23. The topological polar surface area (TPSA) is 73.2 Å². The van der Waals surface area contributed by atoms with Crippen LogP contribution in [0.5, 0.6) is 0 Å². The molecule has 1 N–H and O–H groups in total. The molecule has 0 aliphatic carbocycles. The second kappa shape index (κ2) is 6.52. The first kappa shape index (κ1) is 15.9. The van der Waals surface area contributed by atoms with Crippen molar-refractivity contribution in [3.05, 3.63) is 29.6 Å². The van der Waals surface area contributed by atoms with Gasteiger partial charge in [0.2, 0.25) is 10.0 Å². The second-order valence-electron chi connectivity index (χ2n) is 5.08. The zero-order valence-electron chi connectivity index (χ0n) is 11.8. The number of piperidine rings is 1. The van der Waals surface area contributed by atoms with Gasteiger partial charge >= 0.3 is 0 Å². The van der Waals surface area contributed by atoms with E-state index in [9.17, 15) is 12.8 Å². The molecule has 0 bridgehead atoms. The zero-order valence-corrected chi connectivity index (χ0v) is 12.7. The van der Waals surface area contributed by atoms with Gasteiger partial charge in [-0.3, -0.25) is 0 Å². The van der Waals surface area contributed by atoms with Gasteiger partial charge in [-0.05, 0) is 38.1 Å². The van der Waals surface area contributed by atoms with Crippen LogP contribution in [0.3, 0.4) is 0 Å². The monoisotopic (exact) mass is 311 g/mol. The van der Waals surface area contributed by atoms with Crippen LogP contribution in [0.2, 0.25) is 0 Å². The van der Waals surface area contributed by atoms with E-state index >= 15 is 0 Å². The summed E-state index contributed by atoms with van der Waals surface area (Å²) in [4.78, 5) is 1.87. The molecule has 0 saturated carbocycles. The Labute approximate surface area is 124 Å². The summed E-state index contributed by atoms with van der Waals surface area (Å²) in [6.45, 7) is 4.48.